The van der Waals surface area contributed by atoms with Crippen LogP contribution in [0.2, 0.25) is 0 Å². The second kappa shape index (κ2) is 17.3. The van der Waals surface area contributed by atoms with Gasteiger partial charge in [-0.2, -0.15) is 9.97 Å². The van der Waals surface area contributed by atoms with E-state index in [1.165, 1.54) is 0 Å². The van der Waals surface area contributed by atoms with E-state index >= 15 is 0 Å². The molecule has 0 aliphatic heterocycles. The lowest BCUT2D eigenvalue weighted by molar-refractivity contribution is 0.245. The third-order valence-electron chi connectivity index (χ3n) is 7.17. The van der Waals surface area contributed by atoms with Crippen molar-refractivity contribution in [1.82, 2.24) is 40.5 Å². The highest BCUT2D eigenvalue weighted by molar-refractivity contribution is 5.85. The molecule has 4 aromatic heterocycles. The summed E-state index contributed by atoms with van der Waals surface area (Å²) in [4.78, 5) is 18.8. The van der Waals surface area contributed by atoms with Crippen LogP contribution in [0.15, 0.2) is 107 Å². The minimum atomic E-state index is 0. The van der Waals surface area contributed by atoms with Crippen molar-refractivity contribution in [3.05, 3.63) is 132 Å². The van der Waals surface area contributed by atoms with Crippen LogP contribution in [0.5, 0.6) is 0 Å². The Morgan fingerprint density at radius 3 is 1.35 bits per heavy atom. The number of hydrogen-bond acceptors (Lipinski definition) is 10. The fourth-order valence-electron chi connectivity index (χ4n) is 3.96. The molecule has 2 aromatic carbocycles. The fraction of sp³-hybridized carbons (Fsp3) is 0.189. The maximum absolute atomic E-state index is 5.34. The Balaban J connectivity index is 0.000000212. The zero-order chi connectivity index (χ0) is 33.0. The first-order valence-corrected chi connectivity index (χ1v) is 15.0. The molecule has 0 aliphatic rings. The number of aromatic nitrogens is 6. The first kappa shape index (κ1) is 35.2. The van der Waals surface area contributed by atoms with Gasteiger partial charge in [-0.15, -0.1) is 12.4 Å². The normalized spacial score (nSPS) is 11.5. The smallest absolute Gasteiger partial charge is 0.244 e. The molecule has 0 spiro atoms. The van der Waals surface area contributed by atoms with E-state index in [2.05, 4.69) is 59.2 Å². The molecule has 2 unspecified atom stereocenters. The average Bonchev–Trinajstić information content (AvgIpc) is 3.82. The van der Waals surface area contributed by atoms with E-state index < -0.39 is 0 Å². The summed E-state index contributed by atoms with van der Waals surface area (Å²) in [7, 11) is 5.81. The highest BCUT2D eigenvalue weighted by Gasteiger charge is 2.17. The number of benzene rings is 2. The highest BCUT2D eigenvalue weighted by atomic mass is 35.5. The summed E-state index contributed by atoms with van der Waals surface area (Å²) >= 11 is 0. The standard InChI is InChI=1S/C19H18N4O.C18H16N4O.ClH/c1-14(23(2)3)19-21-18(22-24-19)17-8-6-15(7-9-17)4-5-16-10-12-20-13-11-16;1-13(19-2)18-21-17(22-23-18)16-7-5-14(6-8-16)3-4-15-9-11-20-12-10-15;/h6-14H,1-3H3;5-13,19H,1-2H3;1H. The quantitative estimate of drug-likeness (QED) is 0.202. The van der Waals surface area contributed by atoms with Crippen molar-refractivity contribution in [2.45, 2.75) is 25.9 Å². The van der Waals surface area contributed by atoms with Crippen LogP contribution < -0.4 is 5.32 Å². The maximum Gasteiger partial charge on any atom is 0.244 e. The Bertz CT molecular complexity index is 1990. The van der Waals surface area contributed by atoms with E-state index in [0.717, 1.165) is 33.4 Å². The van der Waals surface area contributed by atoms with Gasteiger partial charge < -0.3 is 14.4 Å². The summed E-state index contributed by atoms with van der Waals surface area (Å²) in [5.74, 6) is 14.8. The van der Waals surface area contributed by atoms with Crippen LogP contribution in [0.1, 0.15) is 60.0 Å². The van der Waals surface area contributed by atoms with Crippen molar-refractivity contribution in [1.29, 1.82) is 0 Å². The molecule has 6 rings (SSSR count). The second-order valence-corrected chi connectivity index (χ2v) is 10.7. The van der Waals surface area contributed by atoms with E-state index in [9.17, 15) is 0 Å². The Morgan fingerprint density at radius 1 is 0.583 bits per heavy atom. The van der Waals surface area contributed by atoms with E-state index in [1.807, 2.05) is 113 Å². The van der Waals surface area contributed by atoms with Gasteiger partial charge in [0, 0.05) is 58.2 Å². The minimum Gasteiger partial charge on any atom is -0.337 e. The predicted molar refractivity (Wildman–Crippen MR) is 187 cm³/mol. The molecule has 242 valence electrons. The Labute approximate surface area is 286 Å². The summed E-state index contributed by atoms with van der Waals surface area (Å²) in [6.07, 6.45) is 6.92. The molecule has 11 heteroatoms. The van der Waals surface area contributed by atoms with E-state index in [1.54, 1.807) is 24.8 Å². The van der Waals surface area contributed by atoms with Gasteiger partial charge in [0.15, 0.2) is 0 Å². The van der Waals surface area contributed by atoms with Crippen LogP contribution in [0.25, 0.3) is 22.8 Å². The topological polar surface area (TPSA) is 119 Å². The lowest BCUT2D eigenvalue weighted by Gasteiger charge is -2.14. The Morgan fingerprint density at radius 2 is 0.958 bits per heavy atom. The maximum atomic E-state index is 5.34. The largest absolute Gasteiger partial charge is 0.337 e. The number of pyridine rings is 2. The molecule has 0 fully saturated rings. The molecular formula is C37H35ClN8O2. The minimum absolute atomic E-state index is 0. The van der Waals surface area contributed by atoms with Crippen LogP contribution in [0.3, 0.4) is 0 Å². The Hall–Kier alpha value is -5.65. The highest BCUT2D eigenvalue weighted by Crippen LogP contribution is 2.21. The third-order valence-corrected chi connectivity index (χ3v) is 7.17. The molecule has 2 atom stereocenters. The lowest BCUT2D eigenvalue weighted by atomic mass is 10.1. The average molecular weight is 659 g/mol. The summed E-state index contributed by atoms with van der Waals surface area (Å²) < 4.78 is 10.6. The lowest BCUT2D eigenvalue weighted by Crippen LogP contribution is -2.16. The van der Waals surface area contributed by atoms with E-state index in [4.69, 9.17) is 9.05 Å². The molecule has 0 saturated heterocycles. The number of nitrogens with zero attached hydrogens (tertiary/aromatic N) is 7. The van der Waals surface area contributed by atoms with Crippen LogP contribution in [0.4, 0.5) is 0 Å². The van der Waals surface area contributed by atoms with E-state index in [0.29, 0.717) is 23.4 Å². The Kier molecular flexibility index (Phi) is 12.7. The van der Waals surface area contributed by atoms with Gasteiger partial charge in [0.05, 0.1) is 12.1 Å². The molecule has 1 N–H and O–H groups in total. The van der Waals surface area contributed by atoms with Gasteiger partial charge >= 0.3 is 0 Å². The number of halogens is 1. The number of rotatable bonds is 6. The molecular weight excluding hydrogens is 624 g/mol. The third kappa shape index (κ3) is 9.68. The van der Waals surface area contributed by atoms with Crippen LogP contribution in [-0.2, 0) is 0 Å². The molecule has 4 heterocycles. The molecule has 0 aliphatic carbocycles. The molecule has 0 saturated carbocycles. The SMILES string of the molecule is CC(c1nc(-c2ccc(C#Cc3ccncc3)cc2)no1)N(C)C.CNC(C)c1nc(-c2ccc(C#Cc3ccncc3)cc2)no1.Cl. The van der Waals surface area contributed by atoms with Gasteiger partial charge in [0.25, 0.3) is 0 Å². The predicted octanol–water partition coefficient (Wildman–Crippen LogP) is 6.39. The van der Waals surface area contributed by atoms with E-state index in [-0.39, 0.29) is 24.5 Å². The summed E-state index contributed by atoms with van der Waals surface area (Å²) in [5.41, 5.74) is 5.55. The summed E-state index contributed by atoms with van der Waals surface area (Å²) in [5, 5.41) is 11.1. The van der Waals surface area contributed by atoms with Gasteiger partial charge in [0.2, 0.25) is 23.4 Å². The van der Waals surface area contributed by atoms with Crippen molar-refractivity contribution in [3.8, 4) is 46.5 Å². The second-order valence-electron chi connectivity index (χ2n) is 10.7. The van der Waals surface area contributed by atoms with Crippen LogP contribution >= 0.6 is 12.4 Å². The molecule has 0 radical (unpaired) electrons. The van der Waals surface area contributed by atoms with Gasteiger partial charge in [-0.25, -0.2) is 0 Å². The zero-order valence-electron chi connectivity index (χ0n) is 27.2. The van der Waals surface area contributed by atoms with Crippen LogP contribution in [0, 0.1) is 23.7 Å². The molecule has 0 bridgehead atoms. The van der Waals surface area contributed by atoms with Crippen molar-refractivity contribution in [3.63, 3.8) is 0 Å². The van der Waals surface area contributed by atoms with Crippen molar-refractivity contribution >= 4 is 12.4 Å². The van der Waals surface area contributed by atoms with Gasteiger partial charge in [0.1, 0.15) is 0 Å². The first-order valence-electron chi connectivity index (χ1n) is 15.0. The number of hydrogen-bond donors (Lipinski definition) is 1. The van der Waals surface area contributed by atoms with Crippen molar-refractivity contribution in [2.75, 3.05) is 21.1 Å². The molecule has 6 aromatic rings. The molecule has 0 amide bonds. The fourth-order valence-corrected chi connectivity index (χ4v) is 3.96. The first-order chi connectivity index (χ1) is 22.9. The summed E-state index contributed by atoms with van der Waals surface area (Å²) in [6.45, 7) is 3.99. The molecule has 48 heavy (non-hydrogen) atoms. The number of nitrogens with one attached hydrogen (secondary N) is 1. The zero-order valence-corrected chi connectivity index (χ0v) is 28.1. The summed E-state index contributed by atoms with van der Waals surface area (Å²) in [6, 6.07) is 23.2. The van der Waals surface area contributed by atoms with Gasteiger partial charge in [-0.05, 0) is 108 Å². The van der Waals surface area contributed by atoms with Gasteiger partial charge in [-0.1, -0.05) is 34.0 Å². The monoisotopic (exact) mass is 658 g/mol. The molecule has 10 nitrogen and oxygen atoms in total. The van der Waals surface area contributed by atoms with Crippen LogP contribution in [-0.4, -0.2) is 56.3 Å². The van der Waals surface area contributed by atoms with Crippen molar-refractivity contribution in [2.24, 2.45) is 0 Å². The van der Waals surface area contributed by atoms with Crippen molar-refractivity contribution < 1.29 is 9.05 Å². The van der Waals surface area contributed by atoms with Gasteiger partial charge in [-0.3, -0.25) is 14.9 Å².